The van der Waals surface area contributed by atoms with Crippen LogP contribution in [0.4, 0.5) is 0 Å². The molecule has 1 fully saturated rings. The van der Waals surface area contributed by atoms with Crippen molar-refractivity contribution in [3.8, 4) is 0 Å². The molecule has 2 aliphatic carbocycles. The topological polar surface area (TPSA) is 43.6 Å². The Bertz CT molecular complexity index is 838. The van der Waals surface area contributed by atoms with Crippen molar-refractivity contribution in [2.45, 2.75) is 12.8 Å². The first-order valence-electron chi connectivity index (χ1n) is 9.19. The molecule has 1 saturated heterocycles. The second kappa shape index (κ2) is 8.70. The van der Waals surface area contributed by atoms with Crippen LogP contribution in [0.15, 0.2) is 62.2 Å². The molecular formula is C16H22Cl4N5P3. The molecule has 0 atom stereocenters. The van der Waals surface area contributed by atoms with E-state index in [1.165, 1.54) is 0 Å². The summed E-state index contributed by atoms with van der Waals surface area (Å²) in [5.41, 5.74) is 0. The first-order chi connectivity index (χ1) is 13.3. The zero-order valence-corrected chi connectivity index (χ0v) is 20.8. The van der Waals surface area contributed by atoms with Crippen LogP contribution in [-0.2, 0) is 0 Å². The standard InChI is InChI=1S/C16H22Cl4N5P3/c17-26(18)21-27(19,20)23-28(22-26)24(13-15-7-1-2-8-15)11-5-6-12-25(28)14-16-9-3-4-10-16/h1-4,7-10,15-16H,5-6,11-14H2. The zero-order chi connectivity index (χ0) is 19.8. The van der Waals surface area contributed by atoms with Crippen molar-refractivity contribution >= 4 is 64.3 Å². The average molecular weight is 519 g/mol. The van der Waals surface area contributed by atoms with Crippen LogP contribution < -0.4 is 0 Å². The summed E-state index contributed by atoms with van der Waals surface area (Å²) in [5.74, 6) is -5.37. The van der Waals surface area contributed by atoms with Gasteiger partial charge in [0.1, 0.15) is 0 Å². The lowest BCUT2D eigenvalue weighted by Gasteiger charge is -2.42. The van der Waals surface area contributed by atoms with E-state index in [1.54, 1.807) is 0 Å². The first-order valence-corrected chi connectivity index (χ1v) is 17.8. The molecule has 0 aromatic carbocycles. The molecule has 0 aromatic rings. The lowest BCUT2D eigenvalue weighted by Crippen LogP contribution is -2.34. The Balaban J connectivity index is 1.82. The van der Waals surface area contributed by atoms with E-state index in [4.69, 9.17) is 54.0 Å². The highest BCUT2D eigenvalue weighted by Crippen LogP contribution is 2.86. The zero-order valence-electron chi connectivity index (χ0n) is 15.1. The van der Waals surface area contributed by atoms with Gasteiger partial charge in [0, 0.05) is 38.0 Å². The molecule has 5 nitrogen and oxygen atoms in total. The van der Waals surface area contributed by atoms with Gasteiger partial charge in [0.25, 0.3) is 11.8 Å². The van der Waals surface area contributed by atoms with Gasteiger partial charge in [-0.1, -0.05) is 48.6 Å². The Labute approximate surface area is 186 Å². The van der Waals surface area contributed by atoms with Crippen molar-refractivity contribution in [3.05, 3.63) is 48.6 Å². The van der Waals surface area contributed by atoms with Crippen LogP contribution in [-0.4, -0.2) is 35.5 Å². The Hall–Kier alpha value is 0.730. The summed E-state index contributed by atoms with van der Waals surface area (Å²) in [4.78, 5) is 0. The molecule has 4 aliphatic rings. The fourth-order valence-electron chi connectivity index (χ4n) is 3.82. The summed E-state index contributed by atoms with van der Waals surface area (Å²) in [6.45, 7) is 3.32. The van der Waals surface area contributed by atoms with Gasteiger partial charge in [0.15, 0.2) is 0 Å². The van der Waals surface area contributed by atoms with Crippen LogP contribution in [0.1, 0.15) is 12.8 Å². The second-order valence-electron chi connectivity index (χ2n) is 7.12. The van der Waals surface area contributed by atoms with E-state index < -0.39 is 19.3 Å². The van der Waals surface area contributed by atoms with Crippen molar-refractivity contribution in [1.82, 2.24) is 9.34 Å². The third-order valence-corrected chi connectivity index (χ3v) is 17.5. The largest absolute Gasteiger partial charge is 0.257 e. The molecule has 4 rings (SSSR count). The van der Waals surface area contributed by atoms with Crippen molar-refractivity contribution in [2.24, 2.45) is 25.4 Å². The third-order valence-electron chi connectivity index (χ3n) is 5.01. The summed E-state index contributed by atoms with van der Waals surface area (Å²) in [6.07, 6.45) is 19.2. The van der Waals surface area contributed by atoms with E-state index in [1.807, 2.05) is 0 Å². The minimum atomic E-state index is -3.00. The molecule has 0 unspecified atom stereocenters. The average Bonchev–Trinajstić information content (AvgIpc) is 3.24. The summed E-state index contributed by atoms with van der Waals surface area (Å²) < 4.78 is 18.8. The van der Waals surface area contributed by atoms with Crippen LogP contribution in [0.2, 0.25) is 0 Å². The fourth-order valence-corrected chi connectivity index (χ4v) is 20.4. The molecule has 0 N–H and O–H groups in total. The second-order valence-corrected chi connectivity index (χ2v) is 20.0. The smallest absolute Gasteiger partial charge is 0.239 e. The quantitative estimate of drug-likeness (QED) is 0.349. The van der Waals surface area contributed by atoms with Crippen LogP contribution >= 0.6 is 64.3 Å². The number of halogens is 4. The summed E-state index contributed by atoms with van der Waals surface area (Å²) in [5, 5.41) is 0. The summed E-state index contributed by atoms with van der Waals surface area (Å²) >= 11 is 26.2. The normalized spacial score (nSPS) is 29.0. The molecule has 28 heavy (non-hydrogen) atoms. The number of hydrogen-bond acceptors (Lipinski definition) is 5. The highest BCUT2D eigenvalue weighted by Gasteiger charge is 2.44. The SMILES string of the molecule is ClP1(Cl)=NP(Cl)(Cl)=NP2(=N1)N(CC1C=CC=C1)CCCCN2CC1C=CC=C1. The predicted octanol–water partition coefficient (Wildman–Crippen LogP) is 8.68. The molecule has 2 heterocycles. The lowest BCUT2D eigenvalue weighted by atomic mass is 10.1. The van der Waals surface area contributed by atoms with Gasteiger partial charge < -0.3 is 0 Å². The maximum absolute atomic E-state index is 6.56. The van der Waals surface area contributed by atoms with E-state index >= 15 is 0 Å². The van der Waals surface area contributed by atoms with E-state index in [-0.39, 0.29) is 0 Å². The van der Waals surface area contributed by atoms with E-state index in [2.05, 4.69) is 62.5 Å². The minimum Gasteiger partial charge on any atom is -0.239 e. The van der Waals surface area contributed by atoms with Gasteiger partial charge in [0.05, 0.1) is 0 Å². The molecule has 0 saturated carbocycles. The molecule has 2 aliphatic heterocycles. The van der Waals surface area contributed by atoms with Gasteiger partial charge in [-0.15, -0.1) is 0 Å². The van der Waals surface area contributed by atoms with Crippen LogP contribution in [0.3, 0.4) is 0 Å². The molecule has 0 aromatic heterocycles. The number of hydrogen-bond donors (Lipinski definition) is 0. The number of rotatable bonds is 4. The molecular weight excluding hydrogens is 497 g/mol. The molecule has 0 radical (unpaired) electrons. The highest BCUT2D eigenvalue weighted by atomic mass is 35.9. The van der Waals surface area contributed by atoms with Crippen molar-refractivity contribution in [1.29, 1.82) is 0 Å². The van der Waals surface area contributed by atoms with Gasteiger partial charge in [-0.3, -0.25) is 0 Å². The molecule has 0 bridgehead atoms. The van der Waals surface area contributed by atoms with Gasteiger partial charge in [-0.05, 0) is 57.8 Å². The molecule has 12 heteroatoms. The van der Waals surface area contributed by atoms with E-state index in [0.29, 0.717) is 11.8 Å². The fraction of sp³-hybridized carbons (Fsp3) is 0.500. The van der Waals surface area contributed by atoms with Gasteiger partial charge in [-0.2, -0.15) is 13.5 Å². The van der Waals surface area contributed by atoms with Crippen molar-refractivity contribution in [2.75, 3.05) is 26.2 Å². The molecule has 154 valence electrons. The number of allylic oxidation sites excluding steroid dienone is 4. The molecule has 1 spiro atoms. The number of nitrogens with zero attached hydrogens (tertiary/aromatic N) is 5. The third kappa shape index (κ3) is 4.96. The molecule has 0 amide bonds. The maximum atomic E-state index is 6.56. The van der Waals surface area contributed by atoms with E-state index in [9.17, 15) is 0 Å². The predicted molar refractivity (Wildman–Crippen MR) is 127 cm³/mol. The van der Waals surface area contributed by atoms with E-state index in [0.717, 1.165) is 39.0 Å². The minimum absolute atomic E-state index is 0.309. The van der Waals surface area contributed by atoms with Crippen LogP contribution in [0.5, 0.6) is 0 Å². The first kappa shape index (κ1) is 21.9. The van der Waals surface area contributed by atoms with Crippen molar-refractivity contribution < 1.29 is 0 Å². The summed E-state index contributed by atoms with van der Waals surface area (Å²) in [6, 6.07) is 0. The highest BCUT2D eigenvalue weighted by molar-refractivity contribution is 8.20. The van der Waals surface area contributed by atoms with Gasteiger partial charge in [0.2, 0.25) is 7.51 Å². The van der Waals surface area contributed by atoms with Crippen LogP contribution in [0.25, 0.3) is 0 Å². The lowest BCUT2D eigenvalue weighted by molar-refractivity contribution is 0.391. The Morgan fingerprint density at radius 1 is 0.679 bits per heavy atom. The Morgan fingerprint density at radius 3 is 1.54 bits per heavy atom. The van der Waals surface area contributed by atoms with Gasteiger partial charge >= 0.3 is 0 Å². The Morgan fingerprint density at radius 2 is 1.11 bits per heavy atom. The summed E-state index contributed by atoms with van der Waals surface area (Å²) in [7, 11) is -2.64. The van der Waals surface area contributed by atoms with Gasteiger partial charge in [-0.25, -0.2) is 9.34 Å². The van der Waals surface area contributed by atoms with Crippen molar-refractivity contribution in [3.63, 3.8) is 0 Å². The monoisotopic (exact) mass is 517 g/mol. The Kier molecular flexibility index (Phi) is 6.82. The van der Waals surface area contributed by atoms with Crippen LogP contribution in [0, 0.1) is 11.8 Å². The maximum Gasteiger partial charge on any atom is 0.257 e.